The highest BCUT2D eigenvalue weighted by Gasteiger charge is 2.21. The van der Waals surface area contributed by atoms with Crippen LogP contribution in [0, 0.1) is 5.82 Å². The predicted octanol–water partition coefficient (Wildman–Crippen LogP) is 2.83. The Labute approximate surface area is 173 Å². The molecule has 1 saturated heterocycles. The summed E-state index contributed by atoms with van der Waals surface area (Å²) in [6, 6.07) is 13.7. The number of hydrogen-bond acceptors (Lipinski definition) is 5. The van der Waals surface area contributed by atoms with Crippen LogP contribution in [-0.4, -0.2) is 59.0 Å². The van der Waals surface area contributed by atoms with Crippen LogP contribution in [0.4, 0.5) is 10.1 Å². The molecule has 1 aliphatic heterocycles. The first-order valence-electron chi connectivity index (χ1n) is 9.73. The van der Waals surface area contributed by atoms with Gasteiger partial charge in [0.1, 0.15) is 5.82 Å². The van der Waals surface area contributed by atoms with Crippen molar-refractivity contribution in [2.75, 3.05) is 38.3 Å². The largest absolute Gasteiger partial charge is 0.504 e. The van der Waals surface area contributed by atoms with E-state index in [1.807, 2.05) is 24.3 Å². The number of carbonyl (C=O) groups excluding carboxylic acids is 1. The minimum absolute atomic E-state index is 0.0493. The molecule has 1 amide bonds. The number of nitrogens with zero attached hydrogens (tertiary/aromatic N) is 4. The smallest absolute Gasteiger partial charge is 0.278 e. The van der Waals surface area contributed by atoms with Gasteiger partial charge in [0.2, 0.25) is 0 Å². The van der Waals surface area contributed by atoms with Crippen LogP contribution in [0.15, 0.2) is 54.7 Å². The molecule has 1 aromatic heterocycles. The van der Waals surface area contributed by atoms with E-state index in [1.54, 1.807) is 7.05 Å². The van der Waals surface area contributed by atoms with Crippen LogP contribution >= 0.6 is 0 Å². The number of aromatic nitrogens is 2. The fraction of sp³-hybridized carbons (Fsp3) is 0.273. The summed E-state index contributed by atoms with van der Waals surface area (Å²) in [5.74, 6) is -0.991. The van der Waals surface area contributed by atoms with E-state index in [2.05, 4.69) is 10.00 Å². The fourth-order valence-corrected chi connectivity index (χ4v) is 3.40. The zero-order chi connectivity index (χ0) is 21.1. The first kappa shape index (κ1) is 19.9. The standard InChI is InChI=1S/C22H23FN4O3/c1-25(14-16-2-6-18(7-3-16)26-10-12-30-13-11-26)22(29)21-20(28)15-27(24-21)19-8-4-17(23)5-9-19/h2-9,15,28H,10-14H2,1H3. The molecule has 1 aliphatic rings. The van der Waals surface area contributed by atoms with E-state index in [4.69, 9.17) is 4.74 Å². The number of carbonyl (C=O) groups is 1. The number of ether oxygens (including phenoxy) is 1. The Morgan fingerprint density at radius 3 is 2.40 bits per heavy atom. The molecule has 3 aromatic rings. The van der Waals surface area contributed by atoms with E-state index in [0.29, 0.717) is 12.2 Å². The van der Waals surface area contributed by atoms with Crippen molar-refractivity contribution in [3.63, 3.8) is 0 Å². The van der Waals surface area contributed by atoms with Crippen LogP contribution in [-0.2, 0) is 11.3 Å². The van der Waals surface area contributed by atoms with Crippen LogP contribution in [0.5, 0.6) is 5.75 Å². The van der Waals surface area contributed by atoms with E-state index in [-0.39, 0.29) is 17.3 Å². The summed E-state index contributed by atoms with van der Waals surface area (Å²) < 4.78 is 19.8. The number of morpholine rings is 1. The Balaban J connectivity index is 1.44. The molecule has 0 atom stereocenters. The normalized spacial score (nSPS) is 14.0. The van der Waals surface area contributed by atoms with Crippen molar-refractivity contribution in [2.45, 2.75) is 6.54 Å². The van der Waals surface area contributed by atoms with Gasteiger partial charge in [0.25, 0.3) is 5.91 Å². The quantitative estimate of drug-likeness (QED) is 0.701. The second-order valence-electron chi connectivity index (χ2n) is 7.21. The van der Waals surface area contributed by atoms with E-state index in [0.717, 1.165) is 37.6 Å². The first-order chi connectivity index (χ1) is 14.5. The van der Waals surface area contributed by atoms with Gasteiger partial charge in [-0.25, -0.2) is 9.07 Å². The van der Waals surface area contributed by atoms with Gasteiger partial charge in [-0.1, -0.05) is 12.1 Å². The Morgan fingerprint density at radius 2 is 1.73 bits per heavy atom. The van der Waals surface area contributed by atoms with Crippen molar-refractivity contribution in [3.8, 4) is 11.4 Å². The molecule has 156 valence electrons. The number of rotatable bonds is 5. The zero-order valence-corrected chi connectivity index (χ0v) is 16.7. The zero-order valence-electron chi connectivity index (χ0n) is 16.7. The van der Waals surface area contributed by atoms with E-state index >= 15 is 0 Å². The van der Waals surface area contributed by atoms with Crippen LogP contribution in [0.3, 0.4) is 0 Å². The van der Waals surface area contributed by atoms with Gasteiger partial charge >= 0.3 is 0 Å². The lowest BCUT2D eigenvalue weighted by molar-refractivity contribution is 0.0776. The average Bonchev–Trinajstić information content (AvgIpc) is 3.16. The number of amides is 1. The average molecular weight is 410 g/mol. The van der Waals surface area contributed by atoms with Crippen LogP contribution in [0.1, 0.15) is 16.1 Å². The van der Waals surface area contributed by atoms with Gasteiger partial charge < -0.3 is 19.6 Å². The summed E-state index contributed by atoms with van der Waals surface area (Å²) >= 11 is 0. The number of aromatic hydroxyl groups is 1. The Hall–Kier alpha value is -3.39. The first-order valence-corrected chi connectivity index (χ1v) is 9.73. The van der Waals surface area contributed by atoms with E-state index < -0.39 is 5.91 Å². The summed E-state index contributed by atoms with van der Waals surface area (Å²) in [6.07, 6.45) is 1.34. The lowest BCUT2D eigenvalue weighted by atomic mass is 10.1. The third-order valence-electron chi connectivity index (χ3n) is 5.07. The van der Waals surface area contributed by atoms with E-state index in [1.165, 1.54) is 40.0 Å². The van der Waals surface area contributed by atoms with Gasteiger partial charge in [-0.2, -0.15) is 5.10 Å². The van der Waals surface area contributed by atoms with Gasteiger partial charge in [0.05, 0.1) is 25.1 Å². The van der Waals surface area contributed by atoms with Gasteiger partial charge in [0, 0.05) is 32.4 Å². The molecule has 0 spiro atoms. The molecule has 7 nitrogen and oxygen atoms in total. The number of benzene rings is 2. The second-order valence-corrected chi connectivity index (χ2v) is 7.21. The molecule has 1 fully saturated rings. The Morgan fingerprint density at radius 1 is 1.10 bits per heavy atom. The van der Waals surface area contributed by atoms with Crippen molar-refractivity contribution < 1.29 is 19.0 Å². The number of anilines is 1. The van der Waals surface area contributed by atoms with Gasteiger partial charge in [-0.3, -0.25) is 4.79 Å². The van der Waals surface area contributed by atoms with Gasteiger partial charge in [-0.05, 0) is 42.0 Å². The molecular weight excluding hydrogens is 387 g/mol. The highest BCUT2D eigenvalue weighted by molar-refractivity contribution is 5.94. The maximum atomic E-state index is 13.1. The lowest BCUT2D eigenvalue weighted by Crippen LogP contribution is -2.36. The van der Waals surface area contributed by atoms with Crippen LogP contribution in [0.25, 0.3) is 5.69 Å². The highest BCUT2D eigenvalue weighted by Crippen LogP contribution is 2.21. The van der Waals surface area contributed by atoms with Crippen LogP contribution in [0.2, 0.25) is 0 Å². The summed E-state index contributed by atoms with van der Waals surface area (Å²) in [4.78, 5) is 16.6. The molecule has 1 N–H and O–H groups in total. The monoisotopic (exact) mass is 410 g/mol. The SMILES string of the molecule is CN(Cc1ccc(N2CCOCC2)cc1)C(=O)c1nn(-c2ccc(F)cc2)cc1O. The predicted molar refractivity (Wildman–Crippen MR) is 110 cm³/mol. The molecule has 2 heterocycles. The Bertz CT molecular complexity index is 1010. The van der Waals surface area contributed by atoms with Crippen LogP contribution < -0.4 is 4.90 Å². The summed E-state index contributed by atoms with van der Waals surface area (Å²) in [7, 11) is 1.66. The summed E-state index contributed by atoms with van der Waals surface area (Å²) in [5.41, 5.74) is 2.60. The molecule has 0 unspecified atom stereocenters. The third-order valence-corrected chi connectivity index (χ3v) is 5.07. The summed E-state index contributed by atoms with van der Waals surface area (Å²) in [6.45, 7) is 3.58. The van der Waals surface area contributed by atoms with Gasteiger partial charge in [-0.15, -0.1) is 0 Å². The minimum Gasteiger partial charge on any atom is -0.504 e. The van der Waals surface area contributed by atoms with Crippen molar-refractivity contribution in [2.24, 2.45) is 0 Å². The number of hydrogen-bond donors (Lipinski definition) is 1. The maximum absolute atomic E-state index is 13.1. The molecule has 0 saturated carbocycles. The molecule has 30 heavy (non-hydrogen) atoms. The number of halogens is 1. The third kappa shape index (κ3) is 4.28. The molecule has 2 aromatic carbocycles. The van der Waals surface area contributed by atoms with Crippen molar-refractivity contribution in [3.05, 3.63) is 71.8 Å². The van der Waals surface area contributed by atoms with Crippen molar-refractivity contribution >= 4 is 11.6 Å². The topological polar surface area (TPSA) is 70.8 Å². The summed E-state index contributed by atoms with van der Waals surface area (Å²) in [5, 5.41) is 14.4. The molecule has 0 bridgehead atoms. The van der Waals surface area contributed by atoms with Crippen molar-refractivity contribution in [1.29, 1.82) is 0 Å². The minimum atomic E-state index is -0.398. The highest BCUT2D eigenvalue weighted by atomic mass is 19.1. The molecule has 4 rings (SSSR count). The maximum Gasteiger partial charge on any atom is 0.278 e. The Kier molecular flexibility index (Phi) is 5.67. The fourth-order valence-electron chi connectivity index (χ4n) is 3.40. The van der Waals surface area contributed by atoms with Crippen molar-refractivity contribution in [1.82, 2.24) is 14.7 Å². The molecule has 0 aliphatic carbocycles. The molecular formula is C22H23FN4O3. The van der Waals surface area contributed by atoms with E-state index in [9.17, 15) is 14.3 Å². The second kappa shape index (κ2) is 8.54. The van der Waals surface area contributed by atoms with Gasteiger partial charge in [0.15, 0.2) is 11.4 Å². The molecule has 0 radical (unpaired) electrons. The molecule has 8 heteroatoms. The lowest BCUT2D eigenvalue weighted by Gasteiger charge is -2.29.